The summed E-state index contributed by atoms with van der Waals surface area (Å²) < 4.78 is 5.51. The van der Waals surface area contributed by atoms with E-state index in [1.165, 1.54) is 0 Å². The fraction of sp³-hybridized carbons (Fsp3) is 0.188. The molecular weight excluding hydrogens is 288 g/mol. The highest BCUT2D eigenvalue weighted by atomic mass is 35.5. The molecule has 2 aromatic rings. The quantitative estimate of drug-likeness (QED) is 0.659. The number of hydrogen-bond acceptors (Lipinski definition) is 3. The average Bonchev–Trinajstić information content (AvgIpc) is 2.46. The molecule has 0 aliphatic rings. The summed E-state index contributed by atoms with van der Waals surface area (Å²) in [7, 11) is 0. The Labute approximate surface area is 128 Å². The Bertz CT molecular complexity index is 644. The predicted molar refractivity (Wildman–Crippen MR) is 84.9 cm³/mol. The van der Waals surface area contributed by atoms with Gasteiger partial charge in [-0.15, -0.1) is 0 Å². The highest BCUT2D eigenvalue weighted by Gasteiger charge is 2.10. The van der Waals surface area contributed by atoms with Crippen molar-refractivity contribution >= 4 is 23.2 Å². The van der Waals surface area contributed by atoms with Crippen molar-refractivity contribution in [2.75, 3.05) is 18.9 Å². The van der Waals surface area contributed by atoms with Crippen molar-refractivity contribution in [1.29, 1.82) is 0 Å². The van der Waals surface area contributed by atoms with Crippen LogP contribution in [0.2, 0.25) is 5.02 Å². The molecule has 0 saturated carbocycles. The third-order valence-electron chi connectivity index (χ3n) is 3.03. The van der Waals surface area contributed by atoms with E-state index in [2.05, 4.69) is 5.32 Å². The minimum atomic E-state index is -0.161. The van der Waals surface area contributed by atoms with Gasteiger partial charge in [-0.05, 0) is 36.8 Å². The number of ether oxygens (including phenoxy) is 1. The number of halogens is 1. The molecule has 0 fully saturated rings. The molecule has 0 heterocycles. The first kappa shape index (κ1) is 15.2. The smallest absolute Gasteiger partial charge is 0.251 e. The molecule has 0 bridgehead atoms. The molecule has 2 rings (SSSR count). The molecule has 4 nitrogen and oxygen atoms in total. The highest BCUT2D eigenvalue weighted by molar-refractivity contribution is 6.31. The molecule has 0 aliphatic heterocycles. The molecule has 0 aromatic heterocycles. The molecule has 0 spiro atoms. The minimum absolute atomic E-state index is 0.161. The van der Waals surface area contributed by atoms with E-state index in [1.807, 2.05) is 19.1 Å². The summed E-state index contributed by atoms with van der Waals surface area (Å²) in [6.07, 6.45) is 0. The monoisotopic (exact) mass is 304 g/mol. The first-order chi connectivity index (χ1) is 10.1. The summed E-state index contributed by atoms with van der Waals surface area (Å²) in [5.41, 5.74) is 7.65. The first-order valence-electron chi connectivity index (χ1n) is 6.59. The number of nitrogen functional groups attached to an aromatic ring is 1. The lowest BCUT2D eigenvalue weighted by Gasteiger charge is -2.10. The van der Waals surface area contributed by atoms with Crippen LogP contribution in [0, 0.1) is 6.92 Å². The van der Waals surface area contributed by atoms with E-state index in [0.717, 1.165) is 5.56 Å². The third-order valence-corrected chi connectivity index (χ3v) is 3.44. The second-order valence-electron chi connectivity index (χ2n) is 4.59. The highest BCUT2D eigenvalue weighted by Crippen LogP contribution is 2.18. The van der Waals surface area contributed by atoms with E-state index < -0.39 is 0 Å². The molecule has 1 amide bonds. The Morgan fingerprint density at radius 3 is 2.81 bits per heavy atom. The number of nitrogens with one attached hydrogen (secondary N) is 1. The Balaban J connectivity index is 1.83. The van der Waals surface area contributed by atoms with E-state index in [9.17, 15) is 4.79 Å². The standard InChI is InChI=1S/C16H17ClN2O2/c1-11-14(6-3-7-15(11)17)16(20)19-8-9-21-13-5-2-4-12(18)10-13/h2-7,10H,8-9,18H2,1H3,(H,19,20). The van der Waals surface area contributed by atoms with Crippen LogP contribution in [0.5, 0.6) is 5.75 Å². The van der Waals surface area contributed by atoms with Gasteiger partial charge in [0.1, 0.15) is 12.4 Å². The average molecular weight is 305 g/mol. The van der Waals surface area contributed by atoms with Gasteiger partial charge < -0.3 is 15.8 Å². The zero-order valence-corrected chi connectivity index (χ0v) is 12.5. The van der Waals surface area contributed by atoms with Gasteiger partial charge in [0.25, 0.3) is 5.91 Å². The van der Waals surface area contributed by atoms with Crippen molar-refractivity contribution in [3.8, 4) is 5.75 Å². The Morgan fingerprint density at radius 1 is 1.29 bits per heavy atom. The molecule has 110 valence electrons. The summed E-state index contributed by atoms with van der Waals surface area (Å²) in [5, 5.41) is 3.38. The maximum Gasteiger partial charge on any atom is 0.251 e. The van der Waals surface area contributed by atoms with Crippen LogP contribution in [0.1, 0.15) is 15.9 Å². The summed E-state index contributed by atoms with van der Waals surface area (Å²) in [4.78, 5) is 12.0. The summed E-state index contributed by atoms with van der Waals surface area (Å²) in [6.45, 7) is 2.59. The molecule has 0 saturated heterocycles. The largest absolute Gasteiger partial charge is 0.492 e. The van der Waals surface area contributed by atoms with Crippen molar-refractivity contribution in [1.82, 2.24) is 5.32 Å². The number of rotatable bonds is 5. The fourth-order valence-electron chi connectivity index (χ4n) is 1.89. The molecule has 0 unspecified atom stereocenters. The van der Waals surface area contributed by atoms with Gasteiger partial charge in [-0.1, -0.05) is 23.7 Å². The molecule has 0 aliphatic carbocycles. The van der Waals surface area contributed by atoms with Gasteiger partial charge in [0.05, 0.1) is 6.54 Å². The number of amides is 1. The molecule has 3 N–H and O–H groups in total. The molecular formula is C16H17ClN2O2. The van der Waals surface area contributed by atoms with Gasteiger partial charge in [-0.3, -0.25) is 4.79 Å². The summed E-state index contributed by atoms with van der Waals surface area (Å²) >= 11 is 6.00. The number of benzene rings is 2. The number of hydrogen-bond donors (Lipinski definition) is 2. The Kier molecular flexibility index (Phi) is 5.06. The third kappa shape index (κ3) is 4.13. The van der Waals surface area contributed by atoms with Gasteiger partial charge in [0.2, 0.25) is 0 Å². The number of carbonyl (C=O) groups excluding carboxylic acids is 1. The molecule has 21 heavy (non-hydrogen) atoms. The Hall–Kier alpha value is -2.20. The van der Waals surface area contributed by atoms with Crippen molar-refractivity contribution < 1.29 is 9.53 Å². The minimum Gasteiger partial charge on any atom is -0.492 e. The number of nitrogens with two attached hydrogens (primary N) is 1. The van der Waals surface area contributed by atoms with Crippen molar-refractivity contribution in [3.05, 3.63) is 58.6 Å². The van der Waals surface area contributed by atoms with E-state index in [1.54, 1.807) is 30.3 Å². The van der Waals surface area contributed by atoms with Crippen LogP contribution in [0.4, 0.5) is 5.69 Å². The van der Waals surface area contributed by atoms with Gasteiger partial charge in [0.15, 0.2) is 0 Å². The van der Waals surface area contributed by atoms with Crippen LogP contribution >= 0.6 is 11.6 Å². The van der Waals surface area contributed by atoms with E-state index in [4.69, 9.17) is 22.1 Å². The Morgan fingerprint density at radius 2 is 2.05 bits per heavy atom. The second-order valence-corrected chi connectivity index (χ2v) is 5.00. The van der Waals surface area contributed by atoms with E-state index >= 15 is 0 Å². The molecule has 0 atom stereocenters. The lowest BCUT2D eigenvalue weighted by Crippen LogP contribution is -2.28. The van der Waals surface area contributed by atoms with Crippen molar-refractivity contribution in [3.63, 3.8) is 0 Å². The van der Waals surface area contributed by atoms with Crippen LogP contribution in [0.25, 0.3) is 0 Å². The summed E-state index contributed by atoms with van der Waals surface area (Å²) in [6, 6.07) is 12.4. The topological polar surface area (TPSA) is 64.3 Å². The zero-order valence-electron chi connectivity index (χ0n) is 11.7. The van der Waals surface area contributed by atoms with E-state index in [-0.39, 0.29) is 5.91 Å². The van der Waals surface area contributed by atoms with Crippen LogP contribution in [-0.2, 0) is 0 Å². The maximum absolute atomic E-state index is 12.0. The van der Waals surface area contributed by atoms with E-state index in [0.29, 0.717) is 35.2 Å². The SMILES string of the molecule is Cc1c(Cl)cccc1C(=O)NCCOc1cccc(N)c1. The molecule has 2 aromatic carbocycles. The normalized spacial score (nSPS) is 10.2. The summed E-state index contributed by atoms with van der Waals surface area (Å²) in [5.74, 6) is 0.523. The predicted octanol–water partition coefficient (Wildman–Crippen LogP) is 3.04. The van der Waals surface area contributed by atoms with Gasteiger partial charge in [0, 0.05) is 22.3 Å². The first-order valence-corrected chi connectivity index (χ1v) is 6.97. The number of anilines is 1. The number of carbonyl (C=O) groups is 1. The van der Waals surface area contributed by atoms with Crippen molar-refractivity contribution in [2.24, 2.45) is 0 Å². The fourth-order valence-corrected chi connectivity index (χ4v) is 2.06. The van der Waals surface area contributed by atoms with Crippen LogP contribution in [-0.4, -0.2) is 19.1 Å². The van der Waals surface area contributed by atoms with Gasteiger partial charge in [-0.2, -0.15) is 0 Å². The van der Waals surface area contributed by atoms with Crippen LogP contribution in [0.15, 0.2) is 42.5 Å². The lowest BCUT2D eigenvalue weighted by atomic mass is 10.1. The molecule has 5 heteroatoms. The maximum atomic E-state index is 12.0. The van der Waals surface area contributed by atoms with Gasteiger partial charge >= 0.3 is 0 Å². The van der Waals surface area contributed by atoms with Gasteiger partial charge in [-0.25, -0.2) is 0 Å². The van der Waals surface area contributed by atoms with Crippen LogP contribution < -0.4 is 15.8 Å². The molecule has 0 radical (unpaired) electrons. The van der Waals surface area contributed by atoms with Crippen molar-refractivity contribution in [2.45, 2.75) is 6.92 Å². The van der Waals surface area contributed by atoms with Crippen LogP contribution in [0.3, 0.4) is 0 Å². The zero-order chi connectivity index (χ0) is 15.2. The lowest BCUT2D eigenvalue weighted by molar-refractivity contribution is 0.0946. The second kappa shape index (κ2) is 6.99.